The number of fused-ring (bicyclic) bond motifs is 3. The smallest absolute Gasteiger partial charge is 0.414 e. The number of carbonyl (C=O) groups excluding carboxylic acids is 2. The minimum absolute atomic E-state index is 0.110. The van der Waals surface area contributed by atoms with Gasteiger partial charge in [-0.15, -0.1) is 0 Å². The molecular formula is C21H26N4O3. The topological polar surface area (TPSA) is 76.5 Å². The van der Waals surface area contributed by atoms with Crippen molar-refractivity contribution in [2.75, 3.05) is 13.1 Å². The van der Waals surface area contributed by atoms with Crippen LogP contribution < -0.4 is 5.32 Å². The largest absolute Gasteiger partial charge is 0.443 e. The van der Waals surface area contributed by atoms with Crippen molar-refractivity contribution in [3.05, 3.63) is 35.5 Å². The fourth-order valence-corrected chi connectivity index (χ4v) is 3.72. The molecule has 1 atom stereocenters. The number of allylic oxidation sites excluding steroid dienone is 1. The first kappa shape index (κ1) is 18.5. The molecule has 2 aromatic rings. The molecule has 148 valence electrons. The summed E-state index contributed by atoms with van der Waals surface area (Å²) >= 11 is 0. The van der Waals surface area contributed by atoms with Gasteiger partial charge in [0.15, 0.2) is 0 Å². The number of hydrogen-bond donors (Lipinski definition) is 1. The summed E-state index contributed by atoms with van der Waals surface area (Å²) in [4.78, 5) is 26.9. The summed E-state index contributed by atoms with van der Waals surface area (Å²) < 4.78 is 7.38. The van der Waals surface area contributed by atoms with Crippen LogP contribution in [0.1, 0.15) is 50.2 Å². The maximum Gasteiger partial charge on any atom is 0.414 e. The third-order valence-electron chi connectivity index (χ3n) is 4.97. The van der Waals surface area contributed by atoms with Gasteiger partial charge in [-0.25, -0.2) is 4.79 Å². The number of hydrogen-bond acceptors (Lipinski definition) is 4. The molecule has 1 unspecified atom stereocenters. The first-order valence-electron chi connectivity index (χ1n) is 9.73. The molecule has 0 spiro atoms. The first-order valence-corrected chi connectivity index (χ1v) is 9.73. The third kappa shape index (κ3) is 3.37. The molecule has 0 radical (unpaired) electrons. The summed E-state index contributed by atoms with van der Waals surface area (Å²) in [5.74, 6) is 0.246. The van der Waals surface area contributed by atoms with E-state index in [4.69, 9.17) is 4.74 Å². The molecule has 0 fully saturated rings. The molecular weight excluding hydrogens is 356 g/mol. The first-order chi connectivity index (χ1) is 13.2. The second-order valence-electron chi connectivity index (χ2n) is 8.58. The molecule has 3 heterocycles. The average Bonchev–Trinajstić information content (AvgIpc) is 2.99. The lowest BCUT2D eigenvalue weighted by Gasteiger charge is -2.34. The Hall–Kier alpha value is -2.83. The van der Waals surface area contributed by atoms with Crippen LogP contribution in [0.25, 0.3) is 16.6 Å². The lowest BCUT2D eigenvalue weighted by atomic mass is 9.97. The zero-order chi connectivity index (χ0) is 20.1. The Bertz CT molecular complexity index is 983. The fourth-order valence-electron chi connectivity index (χ4n) is 3.72. The van der Waals surface area contributed by atoms with Crippen molar-refractivity contribution in [1.82, 2.24) is 20.0 Å². The standard InChI is InChI=1S/C21H26N4O3/c1-13-5-8-17(24(12-13)20(27)28-21(2,3)4)14-6-7-16-15(11-14)18-19(26)22-9-10-25(18)23-16/h6-8,11,13H,5,9-10,12H2,1-4H3,(H,22,26). The van der Waals surface area contributed by atoms with Crippen LogP contribution in [0.15, 0.2) is 24.3 Å². The van der Waals surface area contributed by atoms with Crippen molar-refractivity contribution < 1.29 is 14.3 Å². The van der Waals surface area contributed by atoms with E-state index >= 15 is 0 Å². The average molecular weight is 382 g/mol. The second kappa shape index (κ2) is 6.65. The number of ether oxygens (including phenoxy) is 1. The molecule has 0 bridgehead atoms. The van der Waals surface area contributed by atoms with E-state index < -0.39 is 5.60 Å². The van der Waals surface area contributed by atoms with Crippen LogP contribution in [0.3, 0.4) is 0 Å². The number of benzene rings is 1. The minimum atomic E-state index is -0.559. The van der Waals surface area contributed by atoms with E-state index in [1.807, 2.05) is 39.0 Å². The van der Waals surface area contributed by atoms with Crippen molar-refractivity contribution in [3.8, 4) is 0 Å². The summed E-state index contributed by atoms with van der Waals surface area (Å²) in [5.41, 5.74) is 2.52. The highest BCUT2D eigenvalue weighted by atomic mass is 16.6. The molecule has 7 nitrogen and oxygen atoms in total. The Labute approximate surface area is 164 Å². The van der Waals surface area contributed by atoms with E-state index in [2.05, 4.69) is 23.4 Å². The Morgan fingerprint density at radius 1 is 1.32 bits per heavy atom. The van der Waals surface area contributed by atoms with Crippen LogP contribution in [-0.4, -0.2) is 45.4 Å². The van der Waals surface area contributed by atoms with Gasteiger partial charge >= 0.3 is 6.09 Å². The molecule has 4 rings (SSSR count). The Morgan fingerprint density at radius 3 is 2.86 bits per heavy atom. The van der Waals surface area contributed by atoms with E-state index in [0.29, 0.717) is 31.2 Å². The van der Waals surface area contributed by atoms with E-state index in [1.54, 1.807) is 9.58 Å². The van der Waals surface area contributed by atoms with Gasteiger partial charge < -0.3 is 10.1 Å². The molecule has 2 aliphatic heterocycles. The summed E-state index contributed by atoms with van der Waals surface area (Å²) in [6, 6.07) is 5.83. The van der Waals surface area contributed by atoms with Gasteiger partial charge in [-0.2, -0.15) is 5.10 Å². The van der Waals surface area contributed by atoms with Crippen LogP contribution in [-0.2, 0) is 11.3 Å². The molecule has 0 aliphatic carbocycles. The predicted octanol–water partition coefficient (Wildman–Crippen LogP) is 3.40. The molecule has 0 saturated heterocycles. The summed E-state index contributed by atoms with van der Waals surface area (Å²) in [6.07, 6.45) is 2.62. The van der Waals surface area contributed by atoms with Gasteiger partial charge in [0.25, 0.3) is 5.91 Å². The number of rotatable bonds is 1. The Morgan fingerprint density at radius 2 is 2.11 bits per heavy atom. The number of nitrogens with zero attached hydrogens (tertiary/aromatic N) is 3. The van der Waals surface area contributed by atoms with Gasteiger partial charge in [-0.05, 0) is 50.8 Å². The Kier molecular flexibility index (Phi) is 4.40. The molecule has 1 aromatic heterocycles. The highest BCUT2D eigenvalue weighted by Crippen LogP contribution is 2.32. The molecule has 0 saturated carbocycles. The zero-order valence-electron chi connectivity index (χ0n) is 16.8. The van der Waals surface area contributed by atoms with Gasteiger partial charge in [-0.3, -0.25) is 14.4 Å². The van der Waals surface area contributed by atoms with Gasteiger partial charge in [0.1, 0.15) is 11.3 Å². The fraction of sp³-hybridized carbons (Fsp3) is 0.476. The SMILES string of the molecule is CC1CC=C(c2ccc3nn4c(c3c2)C(=O)NCC4)N(C(=O)OC(C)(C)C)C1. The third-order valence-corrected chi connectivity index (χ3v) is 4.97. The molecule has 1 N–H and O–H groups in total. The van der Waals surface area contributed by atoms with Crippen molar-refractivity contribution in [3.63, 3.8) is 0 Å². The zero-order valence-corrected chi connectivity index (χ0v) is 16.8. The normalized spacial score (nSPS) is 19.9. The quantitative estimate of drug-likeness (QED) is 0.820. The summed E-state index contributed by atoms with van der Waals surface area (Å²) in [6.45, 7) is 9.57. The molecule has 1 aromatic carbocycles. The van der Waals surface area contributed by atoms with Crippen LogP contribution >= 0.6 is 0 Å². The molecule has 2 aliphatic rings. The Balaban J connectivity index is 1.75. The van der Waals surface area contributed by atoms with Crippen molar-refractivity contribution >= 4 is 28.6 Å². The van der Waals surface area contributed by atoms with Gasteiger partial charge in [0.05, 0.1) is 17.8 Å². The van der Waals surface area contributed by atoms with Crippen LogP contribution in [0.2, 0.25) is 0 Å². The van der Waals surface area contributed by atoms with Crippen molar-refractivity contribution in [1.29, 1.82) is 0 Å². The maximum absolute atomic E-state index is 12.8. The van der Waals surface area contributed by atoms with Crippen LogP contribution in [0.4, 0.5) is 4.79 Å². The van der Waals surface area contributed by atoms with Crippen LogP contribution in [0, 0.1) is 5.92 Å². The highest BCUT2D eigenvalue weighted by Gasteiger charge is 2.30. The minimum Gasteiger partial charge on any atom is -0.443 e. The van der Waals surface area contributed by atoms with E-state index in [-0.39, 0.29) is 12.0 Å². The van der Waals surface area contributed by atoms with Gasteiger partial charge in [0, 0.05) is 18.5 Å². The van der Waals surface area contributed by atoms with Crippen molar-refractivity contribution in [2.45, 2.75) is 46.3 Å². The lowest BCUT2D eigenvalue weighted by molar-refractivity contribution is 0.0327. The maximum atomic E-state index is 12.8. The highest BCUT2D eigenvalue weighted by molar-refractivity contribution is 6.06. The lowest BCUT2D eigenvalue weighted by Crippen LogP contribution is -2.39. The molecule has 7 heteroatoms. The van der Waals surface area contributed by atoms with Crippen LogP contribution in [0.5, 0.6) is 0 Å². The molecule has 2 amide bonds. The summed E-state index contributed by atoms with van der Waals surface area (Å²) in [7, 11) is 0. The number of nitrogens with one attached hydrogen (secondary N) is 1. The predicted molar refractivity (Wildman–Crippen MR) is 107 cm³/mol. The van der Waals surface area contributed by atoms with Crippen molar-refractivity contribution in [2.24, 2.45) is 5.92 Å². The van der Waals surface area contributed by atoms with Gasteiger partial charge in [-0.1, -0.05) is 19.1 Å². The molecule has 28 heavy (non-hydrogen) atoms. The van der Waals surface area contributed by atoms with E-state index in [9.17, 15) is 9.59 Å². The number of aromatic nitrogens is 2. The monoisotopic (exact) mass is 382 g/mol. The number of amides is 2. The van der Waals surface area contributed by atoms with E-state index in [1.165, 1.54) is 0 Å². The van der Waals surface area contributed by atoms with E-state index in [0.717, 1.165) is 28.6 Å². The summed E-state index contributed by atoms with van der Waals surface area (Å²) in [5, 5.41) is 8.21. The van der Waals surface area contributed by atoms with Gasteiger partial charge in [0.2, 0.25) is 0 Å². The second-order valence-corrected chi connectivity index (χ2v) is 8.58. The number of carbonyl (C=O) groups is 2.